The van der Waals surface area contributed by atoms with Gasteiger partial charge in [0.1, 0.15) is 17.7 Å². The summed E-state index contributed by atoms with van der Waals surface area (Å²) < 4.78 is 52.3. The molecule has 102 valence electrons. The number of benzene rings is 2. The van der Waals surface area contributed by atoms with E-state index in [1.165, 1.54) is 18.2 Å². The summed E-state index contributed by atoms with van der Waals surface area (Å²) in [6, 6.07) is 9.27. The smallest absolute Gasteiger partial charge is 0.261 e. The Bertz CT molecular complexity index is 798. The van der Waals surface area contributed by atoms with Crippen LogP contribution in [-0.2, 0) is 10.0 Å². The Morgan fingerprint density at radius 2 is 1.85 bits per heavy atom. The van der Waals surface area contributed by atoms with Crippen molar-refractivity contribution in [1.82, 2.24) is 0 Å². The predicted octanol–water partition coefficient (Wildman–Crippen LogP) is 2.64. The fourth-order valence-corrected chi connectivity index (χ4v) is 2.60. The molecule has 0 aromatic heterocycles. The molecule has 20 heavy (non-hydrogen) atoms. The largest absolute Gasteiger partial charge is 0.280 e. The molecule has 0 fully saturated rings. The van der Waals surface area contributed by atoms with Gasteiger partial charge in [-0.05, 0) is 36.4 Å². The van der Waals surface area contributed by atoms with Crippen LogP contribution in [0.25, 0.3) is 0 Å². The van der Waals surface area contributed by atoms with Crippen LogP contribution in [0.1, 0.15) is 5.56 Å². The molecule has 0 saturated heterocycles. The van der Waals surface area contributed by atoms with Gasteiger partial charge in [-0.2, -0.15) is 5.26 Å². The lowest BCUT2D eigenvalue weighted by Crippen LogP contribution is -2.13. The summed E-state index contributed by atoms with van der Waals surface area (Å²) in [5.74, 6) is -1.44. The Hall–Kier alpha value is -2.46. The fraction of sp³-hybridized carbons (Fsp3) is 0. The van der Waals surface area contributed by atoms with Crippen LogP contribution in [-0.4, -0.2) is 8.42 Å². The lowest BCUT2D eigenvalue weighted by atomic mass is 10.2. The highest BCUT2D eigenvalue weighted by Crippen LogP contribution is 2.19. The highest BCUT2D eigenvalue weighted by molar-refractivity contribution is 7.92. The number of nitrogens with zero attached hydrogens (tertiary/aromatic N) is 1. The quantitative estimate of drug-likeness (QED) is 0.946. The van der Waals surface area contributed by atoms with Crippen molar-refractivity contribution >= 4 is 15.7 Å². The van der Waals surface area contributed by atoms with Crippen LogP contribution in [0.3, 0.4) is 0 Å². The second-order valence-corrected chi connectivity index (χ2v) is 5.55. The molecule has 0 saturated carbocycles. The van der Waals surface area contributed by atoms with E-state index in [-0.39, 0.29) is 16.1 Å². The van der Waals surface area contributed by atoms with Gasteiger partial charge in [-0.25, -0.2) is 17.2 Å². The summed E-state index contributed by atoms with van der Waals surface area (Å²) in [6.07, 6.45) is 0. The second-order valence-electron chi connectivity index (χ2n) is 3.87. The lowest BCUT2D eigenvalue weighted by molar-refractivity contribution is 0.595. The third kappa shape index (κ3) is 2.92. The van der Waals surface area contributed by atoms with Gasteiger partial charge in [0, 0.05) is 0 Å². The van der Waals surface area contributed by atoms with Crippen molar-refractivity contribution < 1.29 is 17.2 Å². The van der Waals surface area contributed by atoms with Crippen molar-refractivity contribution in [2.75, 3.05) is 4.72 Å². The third-order valence-electron chi connectivity index (χ3n) is 2.45. The summed E-state index contributed by atoms with van der Waals surface area (Å²) in [4.78, 5) is -0.264. The minimum atomic E-state index is -4.00. The third-order valence-corrected chi connectivity index (χ3v) is 3.82. The minimum absolute atomic E-state index is 0.0206. The fourth-order valence-electron chi connectivity index (χ4n) is 1.52. The van der Waals surface area contributed by atoms with Crippen LogP contribution in [0.4, 0.5) is 14.5 Å². The summed E-state index contributed by atoms with van der Waals surface area (Å²) in [5, 5.41) is 8.68. The van der Waals surface area contributed by atoms with Crippen LogP contribution in [0, 0.1) is 23.0 Å². The van der Waals surface area contributed by atoms with Gasteiger partial charge in [0.2, 0.25) is 0 Å². The molecule has 2 aromatic rings. The van der Waals surface area contributed by atoms with E-state index < -0.39 is 21.7 Å². The monoisotopic (exact) mass is 294 g/mol. The van der Waals surface area contributed by atoms with Crippen molar-refractivity contribution in [1.29, 1.82) is 5.26 Å². The molecule has 0 unspecified atom stereocenters. The second kappa shape index (κ2) is 5.27. The van der Waals surface area contributed by atoms with Crippen LogP contribution in [0.15, 0.2) is 47.4 Å². The molecule has 2 aromatic carbocycles. The van der Waals surface area contributed by atoms with E-state index >= 15 is 0 Å². The van der Waals surface area contributed by atoms with E-state index in [0.29, 0.717) is 0 Å². The standard InChI is InChI=1S/C13H8F2N2O2S/c14-10-2-1-3-12(7-10)20(18,19)17-11-4-5-13(15)9(6-11)8-16/h1-7,17H. The molecule has 7 heteroatoms. The van der Waals surface area contributed by atoms with Crippen LogP contribution in [0.5, 0.6) is 0 Å². The van der Waals surface area contributed by atoms with Gasteiger partial charge in [-0.1, -0.05) is 6.07 Å². The highest BCUT2D eigenvalue weighted by Gasteiger charge is 2.15. The maximum absolute atomic E-state index is 13.1. The molecule has 1 N–H and O–H groups in total. The average molecular weight is 294 g/mol. The Morgan fingerprint density at radius 3 is 2.50 bits per heavy atom. The highest BCUT2D eigenvalue weighted by atomic mass is 32.2. The predicted molar refractivity (Wildman–Crippen MR) is 68.3 cm³/mol. The first-order valence-corrected chi connectivity index (χ1v) is 6.89. The molecule has 2 rings (SSSR count). The first-order chi connectivity index (χ1) is 9.42. The van der Waals surface area contributed by atoms with Gasteiger partial charge in [-0.3, -0.25) is 4.72 Å². The molecule has 0 atom stereocenters. The van der Waals surface area contributed by atoms with Crippen molar-refractivity contribution in [3.05, 3.63) is 59.7 Å². The molecule has 4 nitrogen and oxygen atoms in total. The first-order valence-electron chi connectivity index (χ1n) is 5.40. The number of halogens is 2. The van der Waals surface area contributed by atoms with Crippen LogP contribution >= 0.6 is 0 Å². The zero-order valence-electron chi connectivity index (χ0n) is 9.97. The molecule has 0 spiro atoms. The van der Waals surface area contributed by atoms with Crippen molar-refractivity contribution in [3.63, 3.8) is 0 Å². The minimum Gasteiger partial charge on any atom is -0.280 e. The molecule has 0 aliphatic carbocycles. The molecule has 0 aliphatic rings. The molecular formula is C13H8F2N2O2S. The van der Waals surface area contributed by atoms with E-state index in [1.54, 1.807) is 6.07 Å². The molecule has 0 heterocycles. The van der Waals surface area contributed by atoms with Gasteiger partial charge >= 0.3 is 0 Å². The molecule has 0 bridgehead atoms. The number of anilines is 1. The van der Waals surface area contributed by atoms with Crippen molar-refractivity contribution in [3.8, 4) is 6.07 Å². The summed E-state index contributed by atoms with van der Waals surface area (Å²) >= 11 is 0. The number of sulfonamides is 1. The van der Waals surface area contributed by atoms with E-state index in [9.17, 15) is 17.2 Å². The van der Waals surface area contributed by atoms with E-state index in [0.717, 1.165) is 24.3 Å². The van der Waals surface area contributed by atoms with E-state index in [2.05, 4.69) is 4.72 Å². The zero-order valence-corrected chi connectivity index (χ0v) is 10.8. The molecule has 0 amide bonds. The maximum Gasteiger partial charge on any atom is 0.261 e. The summed E-state index contributed by atoms with van der Waals surface area (Å²) in [7, 11) is -4.00. The summed E-state index contributed by atoms with van der Waals surface area (Å²) in [6.45, 7) is 0. The number of hydrogen-bond acceptors (Lipinski definition) is 3. The Kier molecular flexibility index (Phi) is 3.68. The normalized spacial score (nSPS) is 10.8. The average Bonchev–Trinajstić information content (AvgIpc) is 2.40. The number of nitriles is 1. The Balaban J connectivity index is 2.36. The van der Waals surface area contributed by atoms with Crippen LogP contribution < -0.4 is 4.72 Å². The first kappa shape index (κ1) is 14.0. The topological polar surface area (TPSA) is 70.0 Å². The molecule has 0 radical (unpaired) electrons. The Labute approximate surface area is 114 Å². The van der Waals surface area contributed by atoms with Gasteiger partial charge in [-0.15, -0.1) is 0 Å². The molecule has 0 aliphatic heterocycles. The van der Waals surface area contributed by atoms with E-state index in [1.807, 2.05) is 0 Å². The van der Waals surface area contributed by atoms with Crippen LogP contribution in [0.2, 0.25) is 0 Å². The van der Waals surface area contributed by atoms with Gasteiger partial charge in [0.25, 0.3) is 10.0 Å². The zero-order chi connectivity index (χ0) is 14.8. The summed E-state index contributed by atoms with van der Waals surface area (Å²) in [5.41, 5.74) is -0.267. The van der Waals surface area contributed by atoms with Gasteiger partial charge < -0.3 is 0 Å². The SMILES string of the molecule is N#Cc1cc(NS(=O)(=O)c2cccc(F)c2)ccc1F. The van der Waals surface area contributed by atoms with Crippen molar-refractivity contribution in [2.24, 2.45) is 0 Å². The number of nitrogens with one attached hydrogen (secondary N) is 1. The maximum atomic E-state index is 13.1. The molecular weight excluding hydrogens is 286 g/mol. The van der Waals surface area contributed by atoms with Gasteiger partial charge in [0.15, 0.2) is 0 Å². The van der Waals surface area contributed by atoms with E-state index in [4.69, 9.17) is 5.26 Å². The number of hydrogen-bond donors (Lipinski definition) is 1. The number of rotatable bonds is 3. The van der Waals surface area contributed by atoms with Gasteiger partial charge in [0.05, 0.1) is 16.1 Å². The van der Waals surface area contributed by atoms with Crippen molar-refractivity contribution in [2.45, 2.75) is 4.90 Å². The Morgan fingerprint density at radius 1 is 1.10 bits per heavy atom. The lowest BCUT2D eigenvalue weighted by Gasteiger charge is -2.08.